The summed E-state index contributed by atoms with van der Waals surface area (Å²) in [6.07, 6.45) is 1.95. The van der Waals surface area contributed by atoms with Gasteiger partial charge >= 0.3 is 0 Å². The average molecular weight is 326 g/mol. The van der Waals surface area contributed by atoms with E-state index in [-0.39, 0.29) is 5.91 Å². The summed E-state index contributed by atoms with van der Waals surface area (Å²) in [7, 11) is 8.20. The molecular weight excluding hydrogens is 298 g/mol. The second kappa shape index (κ2) is 9.82. The molecule has 0 unspecified atom stereocenters. The smallest absolute Gasteiger partial charge is 0.253 e. The molecule has 0 aromatic heterocycles. The molecule has 1 aromatic rings. The third kappa shape index (κ3) is 7.25. The van der Waals surface area contributed by atoms with Crippen LogP contribution in [0.5, 0.6) is 0 Å². The molecule has 0 bridgehead atoms. The summed E-state index contributed by atoms with van der Waals surface area (Å²) in [5, 5.41) is 0.604. The minimum Gasteiger partial charge on any atom is -0.339 e. The Hall–Kier alpha value is -1.10. The van der Waals surface area contributed by atoms with Gasteiger partial charge in [0.25, 0.3) is 5.91 Å². The van der Waals surface area contributed by atoms with Crippen molar-refractivity contribution in [3.63, 3.8) is 0 Å². The molecule has 0 saturated carbocycles. The predicted molar refractivity (Wildman–Crippen MR) is 93.7 cm³/mol. The summed E-state index contributed by atoms with van der Waals surface area (Å²) in [5.74, 6) is 0.0695. The lowest BCUT2D eigenvalue weighted by molar-refractivity contribution is 0.0744. The molecular formula is C17H28ClN3O. The zero-order valence-electron chi connectivity index (χ0n) is 14.2. The van der Waals surface area contributed by atoms with Crippen LogP contribution >= 0.6 is 11.6 Å². The SMILES string of the molecule is CN(C)CCCN(CCCN(C)C)C(=O)c1cccc(Cl)c1. The van der Waals surface area contributed by atoms with Crippen LogP contribution in [0.2, 0.25) is 5.02 Å². The van der Waals surface area contributed by atoms with Gasteiger partial charge in [-0.05, 0) is 72.3 Å². The van der Waals surface area contributed by atoms with Gasteiger partial charge in [0.15, 0.2) is 0 Å². The highest BCUT2D eigenvalue weighted by Gasteiger charge is 2.15. The Morgan fingerprint density at radius 1 is 0.955 bits per heavy atom. The minimum absolute atomic E-state index is 0.0695. The molecule has 1 amide bonds. The van der Waals surface area contributed by atoms with Crippen molar-refractivity contribution < 1.29 is 4.79 Å². The van der Waals surface area contributed by atoms with Crippen LogP contribution in [0.1, 0.15) is 23.2 Å². The fraction of sp³-hybridized carbons (Fsp3) is 0.588. The van der Waals surface area contributed by atoms with Crippen LogP contribution in [-0.4, -0.2) is 75.0 Å². The molecule has 1 rings (SSSR count). The number of halogens is 1. The Labute approximate surface area is 139 Å². The standard InChI is InChI=1S/C17H28ClN3O/c1-19(2)10-6-12-21(13-7-11-20(3)4)17(22)15-8-5-9-16(18)14-15/h5,8-9,14H,6-7,10-13H2,1-4H3. The molecule has 22 heavy (non-hydrogen) atoms. The van der Waals surface area contributed by atoms with Crippen LogP contribution in [-0.2, 0) is 0 Å². The molecule has 0 radical (unpaired) electrons. The van der Waals surface area contributed by atoms with Crippen molar-refractivity contribution in [2.75, 3.05) is 54.4 Å². The first kappa shape index (κ1) is 18.9. The number of amides is 1. The number of benzene rings is 1. The second-order valence-electron chi connectivity index (χ2n) is 6.12. The van der Waals surface area contributed by atoms with E-state index in [1.54, 1.807) is 12.1 Å². The minimum atomic E-state index is 0.0695. The number of carbonyl (C=O) groups is 1. The Morgan fingerprint density at radius 2 is 1.50 bits per heavy atom. The van der Waals surface area contributed by atoms with Crippen molar-refractivity contribution >= 4 is 17.5 Å². The maximum Gasteiger partial charge on any atom is 0.253 e. The predicted octanol–water partition coefficient (Wildman–Crippen LogP) is 2.69. The van der Waals surface area contributed by atoms with Crippen molar-refractivity contribution in [3.8, 4) is 0 Å². The van der Waals surface area contributed by atoms with Crippen LogP contribution in [0.3, 0.4) is 0 Å². The molecule has 0 spiro atoms. The lowest BCUT2D eigenvalue weighted by Crippen LogP contribution is -2.35. The van der Waals surface area contributed by atoms with Crippen molar-refractivity contribution in [2.45, 2.75) is 12.8 Å². The van der Waals surface area contributed by atoms with Crippen molar-refractivity contribution in [2.24, 2.45) is 0 Å². The van der Waals surface area contributed by atoms with Crippen molar-refractivity contribution in [1.29, 1.82) is 0 Å². The van der Waals surface area contributed by atoms with Crippen molar-refractivity contribution in [3.05, 3.63) is 34.9 Å². The fourth-order valence-electron chi connectivity index (χ4n) is 2.27. The highest BCUT2D eigenvalue weighted by Crippen LogP contribution is 2.13. The van der Waals surface area contributed by atoms with E-state index < -0.39 is 0 Å². The van der Waals surface area contributed by atoms with E-state index in [0.717, 1.165) is 39.0 Å². The number of hydrogen-bond acceptors (Lipinski definition) is 3. The molecule has 124 valence electrons. The van der Waals surface area contributed by atoms with Gasteiger partial charge in [0.2, 0.25) is 0 Å². The third-order valence-electron chi connectivity index (χ3n) is 3.43. The van der Waals surface area contributed by atoms with Crippen LogP contribution in [0.15, 0.2) is 24.3 Å². The van der Waals surface area contributed by atoms with Gasteiger partial charge in [0.05, 0.1) is 0 Å². The Bertz CT molecular complexity index is 449. The maximum absolute atomic E-state index is 12.7. The molecule has 0 aliphatic rings. The summed E-state index contributed by atoms with van der Waals surface area (Å²) >= 11 is 6.00. The van der Waals surface area contributed by atoms with Crippen LogP contribution in [0.4, 0.5) is 0 Å². The van der Waals surface area contributed by atoms with Crippen LogP contribution in [0, 0.1) is 0 Å². The number of nitrogens with zero attached hydrogens (tertiary/aromatic N) is 3. The molecule has 4 nitrogen and oxygen atoms in total. The molecule has 0 heterocycles. The van der Waals surface area contributed by atoms with Crippen molar-refractivity contribution in [1.82, 2.24) is 14.7 Å². The van der Waals surface area contributed by atoms with Gasteiger partial charge in [-0.15, -0.1) is 0 Å². The quantitative estimate of drug-likeness (QED) is 0.698. The van der Waals surface area contributed by atoms with E-state index in [0.29, 0.717) is 10.6 Å². The molecule has 0 fully saturated rings. The molecule has 0 aliphatic carbocycles. The van der Waals surface area contributed by atoms with Gasteiger partial charge < -0.3 is 14.7 Å². The average Bonchev–Trinajstić information content (AvgIpc) is 2.44. The zero-order chi connectivity index (χ0) is 16.5. The molecule has 0 aliphatic heterocycles. The summed E-state index contributed by atoms with van der Waals surface area (Å²) in [4.78, 5) is 18.9. The van der Waals surface area contributed by atoms with Gasteiger partial charge in [0.1, 0.15) is 0 Å². The van der Waals surface area contributed by atoms with E-state index in [9.17, 15) is 4.79 Å². The second-order valence-corrected chi connectivity index (χ2v) is 6.55. The highest BCUT2D eigenvalue weighted by atomic mass is 35.5. The molecule has 0 N–H and O–H groups in total. The monoisotopic (exact) mass is 325 g/mol. The highest BCUT2D eigenvalue weighted by molar-refractivity contribution is 6.30. The first-order valence-corrected chi connectivity index (χ1v) is 8.12. The van der Waals surface area contributed by atoms with Gasteiger partial charge in [0, 0.05) is 23.7 Å². The van der Waals surface area contributed by atoms with E-state index in [2.05, 4.69) is 38.0 Å². The maximum atomic E-state index is 12.7. The summed E-state index contributed by atoms with van der Waals surface area (Å²) in [6, 6.07) is 7.20. The topological polar surface area (TPSA) is 26.8 Å². The Kier molecular flexibility index (Phi) is 8.46. The largest absolute Gasteiger partial charge is 0.339 e. The summed E-state index contributed by atoms with van der Waals surface area (Å²) < 4.78 is 0. The Morgan fingerprint density at radius 3 is 1.95 bits per heavy atom. The summed E-state index contributed by atoms with van der Waals surface area (Å²) in [6.45, 7) is 3.51. The number of hydrogen-bond donors (Lipinski definition) is 0. The summed E-state index contributed by atoms with van der Waals surface area (Å²) in [5.41, 5.74) is 0.669. The lowest BCUT2D eigenvalue weighted by atomic mass is 10.2. The number of carbonyl (C=O) groups excluding carboxylic acids is 1. The van der Waals surface area contributed by atoms with E-state index in [1.807, 2.05) is 17.0 Å². The normalized spacial score (nSPS) is 11.2. The lowest BCUT2D eigenvalue weighted by Gasteiger charge is -2.24. The molecule has 1 aromatic carbocycles. The van der Waals surface area contributed by atoms with Crippen LogP contribution < -0.4 is 0 Å². The van der Waals surface area contributed by atoms with Crippen LogP contribution in [0.25, 0.3) is 0 Å². The van der Waals surface area contributed by atoms with E-state index in [1.165, 1.54) is 0 Å². The van der Waals surface area contributed by atoms with E-state index in [4.69, 9.17) is 11.6 Å². The fourth-order valence-corrected chi connectivity index (χ4v) is 2.46. The number of rotatable bonds is 9. The van der Waals surface area contributed by atoms with Gasteiger partial charge in [-0.1, -0.05) is 17.7 Å². The first-order chi connectivity index (χ1) is 10.4. The zero-order valence-corrected chi connectivity index (χ0v) is 14.9. The molecule has 0 saturated heterocycles. The van der Waals surface area contributed by atoms with Gasteiger partial charge in [-0.2, -0.15) is 0 Å². The van der Waals surface area contributed by atoms with E-state index >= 15 is 0 Å². The first-order valence-electron chi connectivity index (χ1n) is 7.74. The molecule has 0 atom stereocenters. The third-order valence-corrected chi connectivity index (χ3v) is 3.66. The van der Waals surface area contributed by atoms with Gasteiger partial charge in [-0.3, -0.25) is 4.79 Å². The van der Waals surface area contributed by atoms with Gasteiger partial charge in [-0.25, -0.2) is 0 Å². The molecule has 5 heteroatoms. The Balaban J connectivity index is 2.67.